The van der Waals surface area contributed by atoms with Gasteiger partial charge in [-0.1, -0.05) is 103 Å². The fraction of sp³-hybridized carbons (Fsp3) is 0. The van der Waals surface area contributed by atoms with E-state index in [0.29, 0.717) is 11.3 Å². The minimum atomic E-state index is 0.514. The third-order valence-corrected chi connectivity index (χ3v) is 9.12. The molecular formula is C44H24N2O2. The van der Waals surface area contributed by atoms with Crippen LogP contribution < -0.4 is 0 Å². The van der Waals surface area contributed by atoms with E-state index in [1.165, 1.54) is 0 Å². The van der Waals surface area contributed by atoms with Crippen LogP contribution in [0, 0.1) is 17.9 Å². The highest BCUT2D eigenvalue weighted by Gasteiger charge is 2.16. The quantitative estimate of drug-likeness (QED) is 0.186. The summed E-state index contributed by atoms with van der Waals surface area (Å²) in [5, 5.41) is 14.3. The largest absolute Gasteiger partial charge is 0.455 e. The summed E-state index contributed by atoms with van der Waals surface area (Å²) in [7, 11) is 0. The molecule has 9 aromatic rings. The Morgan fingerprint density at radius 2 is 0.979 bits per heavy atom. The molecule has 222 valence electrons. The summed E-state index contributed by atoms with van der Waals surface area (Å²) < 4.78 is 12.6. The molecule has 48 heavy (non-hydrogen) atoms. The Kier molecular flexibility index (Phi) is 6.22. The zero-order valence-corrected chi connectivity index (χ0v) is 25.6. The highest BCUT2D eigenvalue weighted by molar-refractivity contribution is 6.11. The van der Waals surface area contributed by atoms with Gasteiger partial charge >= 0.3 is 0 Å². The highest BCUT2D eigenvalue weighted by atomic mass is 16.3. The molecule has 4 heteroatoms. The molecule has 0 spiro atoms. The molecule has 0 aliphatic heterocycles. The topological polar surface area (TPSA) is 54.4 Å². The van der Waals surface area contributed by atoms with Gasteiger partial charge in [0.05, 0.1) is 18.2 Å². The Balaban J connectivity index is 1.13. The van der Waals surface area contributed by atoms with Gasteiger partial charge in [0.1, 0.15) is 22.3 Å². The Morgan fingerprint density at radius 1 is 0.458 bits per heavy atom. The summed E-state index contributed by atoms with van der Waals surface area (Å²) in [4.78, 5) is 3.95. The van der Waals surface area contributed by atoms with Crippen molar-refractivity contribution in [3.8, 4) is 50.6 Å². The van der Waals surface area contributed by atoms with E-state index in [9.17, 15) is 5.26 Å². The number of nitriles is 1. The first kappa shape index (κ1) is 27.4. The maximum absolute atomic E-state index is 10.0. The molecule has 0 fully saturated rings. The van der Waals surface area contributed by atoms with Gasteiger partial charge in [-0.2, -0.15) is 5.26 Å². The van der Waals surface area contributed by atoms with E-state index in [0.717, 1.165) is 88.4 Å². The van der Waals surface area contributed by atoms with E-state index in [2.05, 4.69) is 65.5 Å². The van der Waals surface area contributed by atoms with Crippen LogP contribution >= 0.6 is 0 Å². The van der Waals surface area contributed by atoms with Crippen molar-refractivity contribution in [1.82, 2.24) is 0 Å². The number of fused-ring (bicyclic) bond motifs is 6. The Labute approximate surface area is 276 Å². The lowest BCUT2D eigenvalue weighted by Crippen LogP contribution is -1.87. The monoisotopic (exact) mass is 612 g/mol. The fourth-order valence-corrected chi connectivity index (χ4v) is 6.87. The molecule has 0 aliphatic carbocycles. The van der Waals surface area contributed by atoms with Crippen LogP contribution in [-0.4, -0.2) is 0 Å². The van der Waals surface area contributed by atoms with Crippen molar-refractivity contribution in [2.45, 2.75) is 0 Å². The maximum Gasteiger partial charge on any atom is 0.195 e. The number of hydrogen-bond donors (Lipinski definition) is 0. The van der Waals surface area contributed by atoms with Crippen LogP contribution in [0.3, 0.4) is 0 Å². The third kappa shape index (κ3) is 4.36. The lowest BCUT2D eigenvalue weighted by atomic mass is 9.92. The number of rotatable bonds is 4. The van der Waals surface area contributed by atoms with Crippen molar-refractivity contribution in [2.75, 3.05) is 0 Å². The van der Waals surface area contributed by atoms with Gasteiger partial charge in [-0.05, 0) is 75.8 Å². The zero-order chi connectivity index (χ0) is 32.2. The molecular weight excluding hydrogens is 588 g/mol. The molecule has 2 aromatic heterocycles. The van der Waals surface area contributed by atoms with E-state index in [-0.39, 0.29) is 0 Å². The first-order chi connectivity index (χ1) is 23.7. The highest BCUT2D eigenvalue weighted by Crippen LogP contribution is 2.41. The smallest absolute Gasteiger partial charge is 0.195 e. The fourth-order valence-electron chi connectivity index (χ4n) is 6.87. The summed E-state index contributed by atoms with van der Waals surface area (Å²) in [6.45, 7) is 8.13. The van der Waals surface area contributed by atoms with E-state index in [4.69, 9.17) is 15.4 Å². The molecule has 0 aliphatic rings. The zero-order valence-electron chi connectivity index (χ0n) is 25.6. The third-order valence-electron chi connectivity index (χ3n) is 9.12. The molecule has 2 heterocycles. The summed E-state index contributed by atoms with van der Waals surface area (Å²) in [5.74, 6) is 0. The second-order valence-corrected chi connectivity index (χ2v) is 11.9. The normalized spacial score (nSPS) is 11.3. The molecule has 7 aromatic carbocycles. The Bertz CT molecular complexity index is 2820. The van der Waals surface area contributed by atoms with Crippen molar-refractivity contribution in [2.24, 2.45) is 0 Å². The molecule has 0 N–H and O–H groups in total. The van der Waals surface area contributed by atoms with Crippen molar-refractivity contribution >= 4 is 49.6 Å². The standard InChI is InChI=1S/C44H24N2O2/c1-46-40-25-29(28-9-6-10-30(23-28)34-13-7-15-38-36-11-2-4-17-41(36)47-43(34)38)19-20-33(40)31-21-27(26-45)22-32(24-31)35-14-8-16-39-37-12-3-5-18-42(37)48-44(35)39/h2-25H. The molecule has 0 bridgehead atoms. The van der Waals surface area contributed by atoms with Gasteiger partial charge < -0.3 is 8.83 Å². The Hall–Kier alpha value is -6.88. The van der Waals surface area contributed by atoms with Gasteiger partial charge in [0.15, 0.2) is 5.69 Å². The van der Waals surface area contributed by atoms with Gasteiger partial charge in [-0.3, -0.25) is 0 Å². The number of nitrogens with zero attached hydrogens (tertiary/aromatic N) is 2. The first-order valence-electron chi connectivity index (χ1n) is 15.7. The second-order valence-electron chi connectivity index (χ2n) is 11.9. The average Bonchev–Trinajstić information content (AvgIpc) is 3.73. The van der Waals surface area contributed by atoms with Crippen molar-refractivity contribution in [3.05, 3.63) is 163 Å². The molecule has 0 atom stereocenters. The van der Waals surface area contributed by atoms with Gasteiger partial charge in [-0.25, -0.2) is 4.85 Å². The van der Waals surface area contributed by atoms with Gasteiger partial charge in [-0.15, -0.1) is 0 Å². The van der Waals surface area contributed by atoms with E-state index in [1.807, 2.05) is 91.0 Å². The number of para-hydroxylation sites is 4. The van der Waals surface area contributed by atoms with Crippen molar-refractivity contribution in [1.29, 1.82) is 5.26 Å². The van der Waals surface area contributed by atoms with Gasteiger partial charge in [0.2, 0.25) is 0 Å². The number of hydrogen-bond acceptors (Lipinski definition) is 3. The minimum Gasteiger partial charge on any atom is -0.455 e. The first-order valence-corrected chi connectivity index (χ1v) is 15.7. The maximum atomic E-state index is 10.0. The van der Waals surface area contributed by atoms with Gasteiger partial charge in [0.25, 0.3) is 0 Å². The lowest BCUT2D eigenvalue weighted by Gasteiger charge is -2.12. The lowest BCUT2D eigenvalue weighted by molar-refractivity contribution is 0.669. The second kappa shape index (κ2) is 10.9. The average molecular weight is 613 g/mol. The summed E-state index contributed by atoms with van der Waals surface area (Å²) in [5.41, 5.74) is 11.7. The predicted octanol–water partition coefficient (Wildman–Crippen LogP) is 12.6. The summed E-state index contributed by atoms with van der Waals surface area (Å²) in [6, 6.07) is 50.8. The van der Waals surface area contributed by atoms with Crippen LogP contribution in [0.2, 0.25) is 0 Å². The number of benzene rings is 7. The van der Waals surface area contributed by atoms with Crippen molar-refractivity contribution in [3.63, 3.8) is 0 Å². The van der Waals surface area contributed by atoms with Crippen LogP contribution in [0.5, 0.6) is 0 Å². The molecule has 0 saturated carbocycles. The minimum absolute atomic E-state index is 0.514. The summed E-state index contributed by atoms with van der Waals surface area (Å²) in [6.07, 6.45) is 0. The van der Waals surface area contributed by atoms with Crippen LogP contribution in [0.1, 0.15) is 5.56 Å². The molecule has 9 rings (SSSR count). The van der Waals surface area contributed by atoms with Crippen LogP contribution in [-0.2, 0) is 0 Å². The van der Waals surface area contributed by atoms with E-state index >= 15 is 0 Å². The summed E-state index contributed by atoms with van der Waals surface area (Å²) >= 11 is 0. The Morgan fingerprint density at radius 3 is 1.62 bits per heavy atom. The van der Waals surface area contributed by atoms with E-state index in [1.54, 1.807) is 0 Å². The van der Waals surface area contributed by atoms with Crippen LogP contribution in [0.25, 0.3) is 93.2 Å². The van der Waals surface area contributed by atoms with E-state index < -0.39 is 0 Å². The molecule has 0 unspecified atom stereocenters. The molecule has 0 saturated heterocycles. The molecule has 0 radical (unpaired) electrons. The van der Waals surface area contributed by atoms with Crippen LogP contribution in [0.4, 0.5) is 5.69 Å². The van der Waals surface area contributed by atoms with Gasteiger partial charge in [0, 0.05) is 32.7 Å². The molecule has 4 nitrogen and oxygen atoms in total. The van der Waals surface area contributed by atoms with Crippen molar-refractivity contribution < 1.29 is 8.83 Å². The predicted molar refractivity (Wildman–Crippen MR) is 194 cm³/mol. The number of furan rings is 2. The van der Waals surface area contributed by atoms with Crippen LogP contribution in [0.15, 0.2) is 154 Å². The SMILES string of the molecule is [C-]#[N+]c1cc(-c2cccc(-c3cccc4c3oc3ccccc34)c2)ccc1-c1cc(C#N)cc(-c2cccc3c2oc2ccccc23)c1. The molecule has 0 amide bonds.